The summed E-state index contributed by atoms with van der Waals surface area (Å²) in [4.78, 5) is 11.5. The smallest absolute Gasteiger partial charge is 0.190 e. The van der Waals surface area contributed by atoms with Crippen LogP contribution in [0, 0.1) is 0 Å². The normalized spacial score (nSPS) is 11.8. The zero-order chi connectivity index (χ0) is 17.8. The molecule has 26 heavy (non-hydrogen) atoms. The van der Waals surface area contributed by atoms with Gasteiger partial charge in [0.2, 0.25) is 0 Å². The Morgan fingerprint density at radius 2 is 2.00 bits per heavy atom. The average Bonchev–Trinajstić information content (AvgIpc) is 3.31. The SMILES string of the molecule is Clc1cccc(N=c2scc(-c3cccs3)n2CCc2ccccn2)c1. The van der Waals surface area contributed by atoms with Gasteiger partial charge in [-0.05, 0) is 41.8 Å². The molecule has 0 spiro atoms. The highest BCUT2D eigenvalue weighted by molar-refractivity contribution is 7.14. The highest BCUT2D eigenvalue weighted by Crippen LogP contribution is 2.26. The van der Waals surface area contributed by atoms with Gasteiger partial charge in [0.1, 0.15) is 0 Å². The molecule has 0 radical (unpaired) electrons. The first-order chi connectivity index (χ1) is 12.8. The van der Waals surface area contributed by atoms with Crippen molar-refractivity contribution in [2.24, 2.45) is 4.99 Å². The number of aromatic nitrogens is 2. The summed E-state index contributed by atoms with van der Waals surface area (Å²) >= 11 is 9.50. The van der Waals surface area contributed by atoms with E-state index in [1.54, 1.807) is 22.7 Å². The Balaban J connectivity index is 1.74. The quantitative estimate of drug-likeness (QED) is 0.418. The van der Waals surface area contributed by atoms with Crippen LogP contribution in [0.1, 0.15) is 5.69 Å². The molecule has 0 atom stereocenters. The van der Waals surface area contributed by atoms with Gasteiger partial charge in [-0.25, -0.2) is 4.99 Å². The fourth-order valence-electron chi connectivity index (χ4n) is 2.69. The van der Waals surface area contributed by atoms with Crippen LogP contribution in [-0.4, -0.2) is 9.55 Å². The minimum atomic E-state index is 0.696. The Kier molecular flexibility index (Phi) is 5.29. The van der Waals surface area contributed by atoms with Gasteiger partial charge in [-0.1, -0.05) is 29.8 Å². The van der Waals surface area contributed by atoms with E-state index in [-0.39, 0.29) is 0 Å². The molecule has 130 valence electrons. The molecule has 0 aliphatic heterocycles. The molecule has 0 unspecified atom stereocenters. The molecular weight excluding hydrogens is 382 g/mol. The third kappa shape index (κ3) is 3.96. The number of thiophene rings is 1. The van der Waals surface area contributed by atoms with Crippen LogP contribution in [0.2, 0.25) is 5.02 Å². The number of halogens is 1. The van der Waals surface area contributed by atoms with Crippen molar-refractivity contribution in [1.29, 1.82) is 0 Å². The van der Waals surface area contributed by atoms with Crippen molar-refractivity contribution in [3.8, 4) is 10.6 Å². The van der Waals surface area contributed by atoms with Crippen LogP contribution in [0.5, 0.6) is 0 Å². The summed E-state index contributed by atoms with van der Waals surface area (Å²) in [6.45, 7) is 0.827. The Labute approximate surface area is 164 Å². The van der Waals surface area contributed by atoms with E-state index in [0.717, 1.165) is 29.1 Å². The third-order valence-corrected chi connectivity index (χ3v) is 5.91. The largest absolute Gasteiger partial charge is 0.315 e. The van der Waals surface area contributed by atoms with E-state index in [1.807, 2.05) is 42.6 Å². The second kappa shape index (κ2) is 7.99. The van der Waals surface area contributed by atoms with E-state index >= 15 is 0 Å². The van der Waals surface area contributed by atoms with E-state index in [2.05, 4.69) is 38.5 Å². The molecule has 0 amide bonds. The number of rotatable bonds is 5. The summed E-state index contributed by atoms with van der Waals surface area (Å²) in [6, 6.07) is 17.9. The number of hydrogen-bond donors (Lipinski definition) is 0. The van der Waals surface area contributed by atoms with E-state index in [9.17, 15) is 0 Å². The number of benzene rings is 1. The Bertz CT molecular complexity index is 1050. The lowest BCUT2D eigenvalue weighted by molar-refractivity contribution is 0.675. The van der Waals surface area contributed by atoms with Crippen molar-refractivity contribution >= 4 is 40.0 Å². The van der Waals surface area contributed by atoms with E-state index < -0.39 is 0 Å². The van der Waals surface area contributed by atoms with E-state index in [4.69, 9.17) is 16.6 Å². The lowest BCUT2D eigenvalue weighted by Crippen LogP contribution is -2.17. The average molecular weight is 398 g/mol. The van der Waals surface area contributed by atoms with E-state index in [1.165, 1.54) is 10.6 Å². The van der Waals surface area contributed by atoms with Crippen LogP contribution in [0.25, 0.3) is 10.6 Å². The maximum atomic E-state index is 6.11. The molecule has 1 aromatic carbocycles. The zero-order valence-electron chi connectivity index (χ0n) is 13.9. The van der Waals surface area contributed by atoms with Crippen molar-refractivity contribution in [2.75, 3.05) is 0 Å². The van der Waals surface area contributed by atoms with Crippen molar-refractivity contribution < 1.29 is 0 Å². The van der Waals surface area contributed by atoms with Crippen molar-refractivity contribution in [1.82, 2.24) is 9.55 Å². The van der Waals surface area contributed by atoms with Crippen LogP contribution >= 0.6 is 34.3 Å². The Hall–Kier alpha value is -2.21. The first-order valence-electron chi connectivity index (χ1n) is 8.22. The summed E-state index contributed by atoms with van der Waals surface area (Å²) in [5.41, 5.74) is 3.14. The first-order valence-corrected chi connectivity index (χ1v) is 10.4. The molecule has 4 aromatic rings. The van der Waals surface area contributed by atoms with Crippen LogP contribution in [-0.2, 0) is 13.0 Å². The Morgan fingerprint density at radius 3 is 2.77 bits per heavy atom. The Morgan fingerprint density at radius 1 is 1.04 bits per heavy atom. The molecule has 4 rings (SSSR count). The molecular formula is C20H16ClN3S2. The zero-order valence-corrected chi connectivity index (χ0v) is 16.3. The van der Waals surface area contributed by atoms with Gasteiger partial charge in [-0.2, -0.15) is 0 Å². The molecule has 3 heterocycles. The van der Waals surface area contributed by atoms with Crippen LogP contribution in [0.4, 0.5) is 5.69 Å². The standard InChI is InChI=1S/C20H16ClN3S2/c21-15-5-3-7-17(13-15)23-20-24(11-9-16-6-1-2-10-22-16)18(14-26-20)19-8-4-12-25-19/h1-8,10,12-14H,9,11H2. The number of hydrogen-bond acceptors (Lipinski definition) is 4. The molecule has 0 saturated carbocycles. The molecule has 0 fully saturated rings. The maximum absolute atomic E-state index is 6.11. The van der Waals surface area contributed by atoms with Gasteiger partial charge < -0.3 is 4.57 Å². The molecule has 0 aliphatic carbocycles. The monoisotopic (exact) mass is 397 g/mol. The highest BCUT2D eigenvalue weighted by Gasteiger charge is 2.09. The molecule has 3 nitrogen and oxygen atoms in total. The van der Waals surface area contributed by atoms with Crippen molar-refractivity contribution in [3.63, 3.8) is 0 Å². The van der Waals surface area contributed by atoms with Gasteiger partial charge in [0, 0.05) is 35.3 Å². The minimum Gasteiger partial charge on any atom is -0.315 e. The summed E-state index contributed by atoms with van der Waals surface area (Å²) in [7, 11) is 0. The van der Waals surface area contributed by atoms with Crippen LogP contribution < -0.4 is 4.80 Å². The van der Waals surface area contributed by atoms with Crippen LogP contribution in [0.3, 0.4) is 0 Å². The lowest BCUT2D eigenvalue weighted by atomic mass is 10.2. The number of nitrogens with zero attached hydrogens (tertiary/aromatic N) is 3. The molecule has 0 bridgehead atoms. The molecule has 6 heteroatoms. The molecule has 0 aliphatic rings. The van der Waals surface area contributed by atoms with Gasteiger partial charge in [0.15, 0.2) is 4.80 Å². The summed E-state index contributed by atoms with van der Waals surface area (Å²) in [5, 5.41) is 4.97. The minimum absolute atomic E-state index is 0.696. The van der Waals surface area contributed by atoms with Crippen molar-refractivity contribution in [2.45, 2.75) is 13.0 Å². The van der Waals surface area contributed by atoms with Gasteiger partial charge in [-0.15, -0.1) is 22.7 Å². The summed E-state index contributed by atoms with van der Waals surface area (Å²) < 4.78 is 2.27. The third-order valence-electron chi connectivity index (χ3n) is 3.92. The second-order valence-electron chi connectivity index (χ2n) is 5.70. The lowest BCUT2D eigenvalue weighted by Gasteiger charge is -2.08. The van der Waals surface area contributed by atoms with Crippen molar-refractivity contribution in [3.05, 3.63) is 87.1 Å². The maximum Gasteiger partial charge on any atom is 0.190 e. The number of pyridine rings is 1. The fraction of sp³-hybridized carbons (Fsp3) is 0.100. The second-order valence-corrected chi connectivity index (χ2v) is 7.92. The fourth-order valence-corrected chi connectivity index (χ4v) is 4.64. The molecule has 0 saturated heterocycles. The predicted octanol–water partition coefficient (Wildman–Crippen LogP) is 5.80. The van der Waals surface area contributed by atoms with Crippen LogP contribution in [0.15, 0.2) is 76.5 Å². The molecule has 3 aromatic heterocycles. The van der Waals surface area contributed by atoms with Gasteiger partial charge in [0.25, 0.3) is 0 Å². The van der Waals surface area contributed by atoms with E-state index in [0.29, 0.717) is 5.02 Å². The highest BCUT2D eigenvalue weighted by atomic mass is 35.5. The summed E-state index contributed by atoms with van der Waals surface area (Å²) in [5.74, 6) is 0. The topological polar surface area (TPSA) is 30.2 Å². The van der Waals surface area contributed by atoms with Gasteiger partial charge >= 0.3 is 0 Å². The number of thiazole rings is 1. The summed E-state index contributed by atoms with van der Waals surface area (Å²) in [6.07, 6.45) is 2.70. The first kappa shape index (κ1) is 17.2. The number of aryl methyl sites for hydroxylation is 1. The predicted molar refractivity (Wildman–Crippen MR) is 110 cm³/mol. The van der Waals surface area contributed by atoms with Gasteiger partial charge in [0.05, 0.1) is 16.3 Å². The van der Waals surface area contributed by atoms with Gasteiger partial charge in [-0.3, -0.25) is 4.98 Å². The molecule has 0 N–H and O–H groups in total.